The van der Waals surface area contributed by atoms with Crippen LogP contribution in [0.5, 0.6) is 0 Å². The Bertz CT molecular complexity index is 1400. The van der Waals surface area contributed by atoms with Crippen molar-refractivity contribution >= 4 is 50.7 Å². The first-order chi connectivity index (χ1) is 18.4. The number of sulfonamides is 1. The number of hydrogen-bond acceptors (Lipinski definition) is 4. The molecule has 2 amide bonds. The second kappa shape index (κ2) is 13.3. The molecule has 0 bridgehead atoms. The predicted molar refractivity (Wildman–Crippen MR) is 157 cm³/mol. The van der Waals surface area contributed by atoms with E-state index in [0.29, 0.717) is 5.02 Å². The highest BCUT2D eigenvalue weighted by Gasteiger charge is 2.33. The van der Waals surface area contributed by atoms with E-state index in [0.717, 1.165) is 21.9 Å². The molecule has 0 saturated carbocycles. The smallest absolute Gasteiger partial charge is 0.264 e. The molecular formula is C29H33Cl2N3O4S. The number of aryl methyl sites for hydroxylation is 1. The van der Waals surface area contributed by atoms with Gasteiger partial charge < -0.3 is 10.2 Å². The van der Waals surface area contributed by atoms with E-state index in [1.165, 1.54) is 17.0 Å². The second-order valence-corrected chi connectivity index (χ2v) is 12.1. The number of halogens is 2. The third-order valence-corrected chi connectivity index (χ3v) is 8.79. The molecular weight excluding hydrogens is 557 g/mol. The predicted octanol–water partition coefficient (Wildman–Crippen LogP) is 5.83. The Balaban J connectivity index is 2.03. The number of benzene rings is 3. The van der Waals surface area contributed by atoms with Crippen LogP contribution in [0.4, 0.5) is 5.69 Å². The second-order valence-electron chi connectivity index (χ2n) is 9.42. The van der Waals surface area contributed by atoms with Crippen molar-refractivity contribution in [2.45, 2.75) is 57.6 Å². The van der Waals surface area contributed by atoms with Crippen LogP contribution in [0.25, 0.3) is 0 Å². The van der Waals surface area contributed by atoms with Gasteiger partial charge in [-0.15, -0.1) is 0 Å². The van der Waals surface area contributed by atoms with Crippen molar-refractivity contribution in [1.29, 1.82) is 0 Å². The van der Waals surface area contributed by atoms with Gasteiger partial charge in [0.15, 0.2) is 0 Å². The maximum absolute atomic E-state index is 13.9. The minimum atomic E-state index is -4.19. The highest BCUT2D eigenvalue weighted by molar-refractivity contribution is 7.92. The van der Waals surface area contributed by atoms with Crippen LogP contribution >= 0.6 is 23.2 Å². The van der Waals surface area contributed by atoms with Gasteiger partial charge in [0.2, 0.25) is 11.8 Å². The van der Waals surface area contributed by atoms with Crippen LogP contribution < -0.4 is 9.62 Å². The average Bonchev–Trinajstić information content (AvgIpc) is 2.91. The summed E-state index contributed by atoms with van der Waals surface area (Å²) in [5.41, 5.74) is 1.79. The van der Waals surface area contributed by atoms with Crippen LogP contribution in [0, 0.1) is 6.92 Å². The quantitative estimate of drug-likeness (QED) is 0.305. The fraction of sp³-hybridized carbons (Fsp3) is 0.310. The fourth-order valence-electron chi connectivity index (χ4n) is 3.84. The van der Waals surface area contributed by atoms with E-state index in [1.807, 2.05) is 20.8 Å². The van der Waals surface area contributed by atoms with Gasteiger partial charge in [0.1, 0.15) is 12.6 Å². The molecule has 0 aliphatic carbocycles. The Labute approximate surface area is 240 Å². The summed E-state index contributed by atoms with van der Waals surface area (Å²) in [5.74, 6) is -0.898. The molecule has 0 aromatic heterocycles. The van der Waals surface area contributed by atoms with E-state index in [2.05, 4.69) is 5.32 Å². The number of para-hydroxylation sites is 1. The fourth-order valence-corrected chi connectivity index (χ4v) is 5.69. The van der Waals surface area contributed by atoms with Gasteiger partial charge in [-0.05, 0) is 69.2 Å². The zero-order valence-corrected chi connectivity index (χ0v) is 24.7. The van der Waals surface area contributed by atoms with Crippen molar-refractivity contribution in [2.24, 2.45) is 0 Å². The Kier molecular flexibility index (Phi) is 10.4. The van der Waals surface area contributed by atoms with Crippen LogP contribution in [0.1, 0.15) is 38.3 Å². The summed E-state index contributed by atoms with van der Waals surface area (Å²) in [6, 6.07) is 18.7. The third kappa shape index (κ3) is 7.75. The highest BCUT2D eigenvalue weighted by atomic mass is 35.5. The Morgan fingerprint density at radius 1 is 0.923 bits per heavy atom. The lowest BCUT2D eigenvalue weighted by atomic mass is 10.1. The molecule has 0 unspecified atom stereocenters. The molecule has 7 nitrogen and oxygen atoms in total. The summed E-state index contributed by atoms with van der Waals surface area (Å²) in [6.07, 6.45) is 0.721. The number of nitrogens with zero attached hydrogens (tertiary/aromatic N) is 2. The van der Waals surface area contributed by atoms with Crippen LogP contribution in [0.15, 0.2) is 77.7 Å². The lowest BCUT2D eigenvalue weighted by Crippen LogP contribution is -2.52. The Hall–Kier alpha value is -3.07. The molecule has 39 heavy (non-hydrogen) atoms. The number of nitrogens with one attached hydrogen (secondary N) is 1. The summed E-state index contributed by atoms with van der Waals surface area (Å²) in [6.45, 7) is 6.82. The maximum Gasteiger partial charge on any atom is 0.264 e. The molecule has 208 valence electrons. The molecule has 3 aromatic carbocycles. The molecule has 3 aromatic rings. The average molecular weight is 591 g/mol. The summed E-state index contributed by atoms with van der Waals surface area (Å²) < 4.78 is 28.7. The lowest BCUT2D eigenvalue weighted by Gasteiger charge is -2.32. The van der Waals surface area contributed by atoms with E-state index in [4.69, 9.17) is 23.2 Å². The van der Waals surface area contributed by atoms with Crippen molar-refractivity contribution in [3.8, 4) is 0 Å². The van der Waals surface area contributed by atoms with Crippen molar-refractivity contribution in [3.05, 3.63) is 94.0 Å². The molecule has 0 spiro atoms. The SMILES string of the molecule is CC[C@@H](C)NC(=O)[C@H](C)N(Cc1ccc(Cl)cc1)C(=O)CN(c1ccccc1Cl)S(=O)(=O)c1ccc(C)cc1. The Morgan fingerprint density at radius 3 is 2.13 bits per heavy atom. The summed E-state index contributed by atoms with van der Waals surface area (Å²) in [7, 11) is -4.19. The maximum atomic E-state index is 13.9. The third-order valence-electron chi connectivity index (χ3n) is 6.44. The summed E-state index contributed by atoms with van der Waals surface area (Å²) in [4.78, 5) is 28.4. The van der Waals surface area contributed by atoms with Crippen molar-refractivity contribution < 1.29 is 18.0 Å². The van der Waals surface area contributed by atoms with Gasteiger partial charge in [0.05, 0.1) is 15.6 Å². The van der Waals surface area contributed by atoms with Crippen molar-refractivity contribution in [3.63, 3.8) is 0 Å². The van der Waals surface area contributed by atoms with Crippen molar-refractivity contribution in [1.82, 2.24) is 10.2 Å². The molecule has 0 radical (unpaired) electrons. The van der Waals surface area contributed by atoms with E-state index < -0.39 is 28.5 Å². The number of amides is 2. The highest BCUT2D eigenvalue weighted by Crippen LogP contribution is 2.31. The molecule has 0 aliphatic rings. The molecule has 0 saturated heterocycles. The standard InChI is InChI=1S/C29H33Cl2N3O4S/c1-5-21(3)32-29(36)22(4)33(18-23-12-14-24(30)15-13-23)28(35)19-34(27-9-7-6-8-26(27)31)39(37,38)25-16-10-20(2)11-17-25/h6-17,21-22H,5,18-19H2,1-4H3,(H,32,36)/t21-,22+/m1/s1. The van der Waals surface area contributed by atoms with Crippen LogP contribution in [-0.2, 0) is 26.2 Å². The molecule has 0 aliphatic heterocycles. The van der Waals surface area contributed by atoms with E-state index in [1.54, 1.807) is 67.6 Å². The van der Waals surface area contributed by atoms with Gasteiger partial charge in [-0.1, -0.05) is 72.1 Å². The first-order valence-corrected chi connectivity index (χ1v) is 14.8. The molecule has 3 rings (SSSR count). The molecule has 1 N–H and O–H groups in total. The van der Waals surface area contributed by atoms with Crippen LogP contribution in [0.2, 0.25) is 10.0 Å². The zero-order valence-electron chi connectivity index (χ0n) is 22.4. The van der Waals surface area contributed by atoms with E-state index >= 15 is 0 Å². The van der Waals surface area contributed by atoms with Gasteiger partial charge in [0, 0.05) is 17.6 Å². The number of rotatable bonds is 11. The number of anilines is 1. The molecule has 2 atom stereocenters. The van der Waals surface area contributed by atoms with Gasteiger partial charge >= 0.3 is 0 Å². The normalized spacial score (nSPS) is 12.9. The number of carbonyl (C=O) groups excluding carboxylic acids is 2. The monoisotopic (exact) mass is 589 g/mol. The zero-order chi connectivity index (χ0) is 28.7. The molecule has 10 heteroatoms. The molecule has 0 fully saturated rings. The minimum Gasteiger partial charge on any atom is -0.352 e. The first-order valence-electron chi connectivity index (χ1n) is 12.6. The number of carbonyl (C=O) groups is 2. The van der Waals surface area contributed by atoms with Gasteiger partial charge in [-0.25, -0.2) is 8.42 Å². The minimum absolute atomic E-state index is 0.0210. The molecule has 0 heterocycles. The Morgan fingerprint density at radius 2 is 1.54 bits per heavy atom. The van der Waals surface area contributed by atoms with E-state index in [9.17, 15) is 18.0 Å². The van der Waals surface area contributed by atoms with Gasteiger partial charge in [-0.3, -0.25) is 13.9 Å². The van der Waals surface area contributed by atoms with Crippen LogP contribution in [0.3, 0.4) is 0 Å². The summed E-state index contributed by atoms with van der Waals surface area (Å²) >= 11 is 12.5. The summed E-state index contributed by atoms with van der Waals surface area (Å²) in [5, 5.41) is 3.62. The van der Waals surface area contributed by atoms with Gasteiger partial charge in [0.25, 0.3) is 10.0 Å². The van der Waals surface area contributed by atoms with Crippen molar-refractivity contribution in [2.75, 3.05) is 10.8 Å². The first kappa shape index (κ1) is 30.5. The van der Waals surface area contributed by atoms with E-state index in [-0.39, 0.29) is 34.1 Å². The largest absolute Gasteiger partial charge is 0.352 e. The lowest BCUT2D eigenvalue weighted by molar-refractivity contribution is -0.139. The van der Waals surface area contributed by atoms with Gasteiger partial charge in [-0.2, -0.15) is 0 Å². The topological polar surface area (TPSA) is 86.8 Å². The van der Waals surface area contributed by atoms with Crippen LogP contribution in [-0.4, -0.2) is 43.8 Å². The number of hydrogen-bond donors (Lipinski definition) is 1.